The fourth-order valence-corrected chi connectivity index (χ4v) is 6.96. The van der Waals surface area contributed by atoms with E-state index in [-0.39, 0.29) is 17.2 Å². The molecule has 2 heterocycles. The molecule has 1 N–H and O–H groups in total. The molecule has 1 fully saturated rings. The minimum Gasteiger partial charge on any atom is -0.353 e. The lowest BCUT2D eigenvalue weighted by Gasteiger charge is -2.29. The lowest BCUT2D eigenvalue weighted by Crippen LogP contribution is -2.37. The summed E-state index contributed by atoms with van der Waals surface area (Å²) in [5.41, 5.74) is 2.80. The number of nitrogens with one attached hydrogen (secondary N) is 1. The molecule has 1 aliphatic heterocycles. The number of benzene rings is 2. The molecule has 4 rings (SSSR count). The smallest absolute Gasteiger partial charge is 0.243 e. The molecule has 10 heteroatoms. The highest BCUT2D eigenvalue weighted by atomic mass is 32.2. The van der Waals surface area contributed by atoms with Crippen LogP contribution in [-0.2, 0) is 15.8 Å². The number of nitrogens with zero attached hydrogens (tertiary/aromatic N) is 3. The maximum absolute atomic E-state index is 13.0. The van der Waals surface area contributed by atoms with E-state index in [1.807, 2.05) is 6.07 Å². The van der Waals surface area contributed by atoms with Gasteiger partial charge in [-0.3, -0.25) is 4.79 Å². The van der Waals surface area contributed by atoms with Gasteiger partial charge in [-0.1, -0.05) is 72.0 Å². The minimum atomic E-state index is -3.60. The summed E-state index contributed by atoms with van der Waals surface area (Å²) in [6.45, 7) is 5.26. The molecular formula is C24H28N4O3S3. The molecule has 34 heavy (non-hydrogen) atoms. The van der Waals surface area contributed by atoms with Crippen LogP contribution in [0.25, 0.3) is 0 Å². The van der Waals surface area contributed by atoms with Gasteiger partial charge in [-0.2, -0.15) is 4.31 Å². The van der Waals surface area contributed by atoms with E-state index >= 15 is 0 Å². The number of carbonyl (C=O) groups is 1. The molecule has 1 saturated heterocycles. The third-order valence-electron chi connectivity index (χ3n) is 5.79. The molecule has 0 unspecified atom stereocenters. The third kappa shape index (κ3) is 6.24. The summed E-state index contributed by atoms with van der Waals surface area (Å²) in [7, 11) is -3.60. The number of Topliss-reactive ketones (excluding diaryl/α,β-unsaturated/α-hetero) is 1. The molecule has 0 atom stereocenters. The van der Waals surface area contributed by atoms with Crippen LogP contribution in [0.5, 0.6) is 0 Å². The van der Waals surface area contributed by atoms with E-state index in [4.69, 9.17) is 0 Å². The van der Waals surface area contributed by atoms with Crippen LogP contribution in [-0.4, -0.2) is 48.3 Å². The van der Waals surface area contributed by atoms with Crippen LogP contribution in [0.4, 0.5) is 5.13 Å². The zero-order valence-electron chi connectivity index (χ0n) is 19.2. The largest absolute Gasteiger partial charge is 0.353 e. The fraction of sp³-hybridized carbons (Fsp3) is 0.375. The summed E-state index contributed by atoms with van der Waals surface area (Å²) in [5, 5.41) is 11.9. The Morgan fingerprint density at radius 2 is 1.91 bits per heavy atom. The van der Waals surface area contributed by atoms with Gasteiger partial charge in [0.25, 0.3) is 0 Å². The molecule has 1 aliphatic rings. The van der Waals surface area contributed by atoms with Crippen LogP contribution in [0.2, 0.25) is 0 Å². The first kappa shape index (κ1) is 24.8. The molecule has 180 valence electrons. The Kier molecular flexibility index (Phi) is 8.02. The van der Waals surface area contributed by atoms with Crippen molar-refractivity contribution in [3.63, 3.8) is 0 Å². The van der Waals surface area contributed by atoms with Gasteiger partial charge < -0.3 is 5.32 Å². The first-order chi connectivity index (χ1) is 16.3. The van der Waals surface area contributed by atoms with E-state index in [9.17, 15) is 13.2 Å². The summed E-state index contributed by atoms with van der Waals surface area (Å²) in [4.78, 5) is 12.9. The molecule has 0 spiro atoms. The lowest BCUT2D eigenvalue weighted by atomic mass is 10.0. The number of sulfonamides is 1. The molecule has 0 saturated carbocycles. The second-order valence-corrected chi connectivity index (χ2v) is 12.7. The summed E-state index contributed by atoms with van der Waals surface area (Å²) in [6, 6.07) is 14.6. The Bertz CT molecular complexity index is 1250. The SMILES string of the molecule is Cc1cccc(CSc2nnc(NCC(=O)c3cccc(S(=O)(=O)N4CCC(C)CC4)c3)s2)c1. The van der Waals surface area contributed by atoms with Crippen molar-refractivity contribution >= 4 is 44.0 Å². The molecule has 0 radical (unpaired) electrons. The average molecular weight is 517 g/mol. The van der Waals surface area contributed by atoms with Gasteiger partial charge in [0, 0.05) is 24.4 Å². The number of aryl methyl sites for hydroxylation is 1. The van der Waals surface area contributed by atoms with Crippen LogP contribution in [0.15, 0.2) is 57.8 Å². The molecule has 0 amide bonds. The summed E-state index contributed by atoms with van der Waals surface area (Å²) >= 11 is 3.00. The van der Waals surface area contributed by atoms with Gasteiger partial charge in [0.1, 0.15) is 0 Å². The predicted molar refractivity (Wildman–Crippen MR) is 137 cm³/mol. The van der Waals surface area contributed by atoms with Crippen LogP contribution in [0, 0.1) is 12.8 Å². The highest BCUT2D eigenvalue weighted by Crippen LogP contribution is 2.29. The minimum absolute atomic E-state index is 0.0158. The van der Waals surface area contributed by atoms with Gasteiger partial charge in [-0.05, 0) is 43.4 Å². The summed E-state index contributed by atoms with van der Waals surface area (Å²) in [6.07, 6.45) is 1.71. The van der Waals surface area contributed by atoms with Crippen molar-refractivity contribution in [3.05, 3.63) is 65.2 Å². The van der Waals surface area contributed by atoms with Crippen LogP contribution in [0.3, 0.4) is 0 Å². The van der Waals surface area contributed by atoms with E-state index in [2.05, 4.69) is 47.6 Å². The number of hydrogen-bond acceptors (Lipinski definition) is 8. The van der Waals surface area contributed by atoms with E-state index < -0.39 is 10.0 Å². The fourth-order valence-electron chi connectivity index (χ4n) is 3.75. The highest BCUT2D eigenvalue weighted by Gasteiger charge is 2.28. The normalized spacial score (nSPS) is 15.4. The predicted octanol–water partition coefficient (Wildman–Crippen LogP) is 4.85. The Balaban J connectivity index is 1.34. The van der Waals surface area contributed by atoms with Crippen LogP contribution >= 0.6 is 23.1 Å². The van der Waals surface area contributed by atoms with Crippen molar-refractivity contribution in [2.45, 2.75) is 41.7 Å². The standard InChI is InChI=1S/C24H28N4O3S3/c1-17-9-11-28(12-10-17)34(30,31)21-8-4-7-20(14-21)22(29)15-25-23-26-27-24(33-23)32-16-19-6-3-5-18(2)13-19/h3-8,13-14,17H,9-12,15-16H2,1-2H3,(H,25,26). The number of ketones is 1. The molecule has 0 bridgehead atoms. The van der Waals surface area contributed by atoms with Gasteiger partial charge in [-0.15, -0.1) is 10.2 Å². The van der Waals surface area contributed by atoms with E-state index in [0.717, 1.165) is 22.9 Å². The topological polar surface area (TPSA) is 92.3 Å². The number of piperidine rings is 1. The maximum atomic E-state index is 13.0. The molecule has 1 aromatic heterocycles. The van der Waals surface area contributed by atoms with Crippen molar-refractivity contribution in [2.75, 3.05) is 25.0 Å². The van der Waals surface area contributed by atoms with Gasteiger partial charge in [0.2, 0.25) is 15.2 Å². The number of carbonyl (C=O) groups excluding carboxylic acids is 1. The highest BCUT2D eigenvalue weighted by molar-refractivity contribution is 8.00. The third-order valence-corrected chi connectivity index (χ3v) is 9.77. The van der Waals surface area contributed by atoms with Crippen molar-refractivity contribution in [1.29, 1.82) is 0 Å². The first-order valence-electron chi connectivity index (χ1n) is 11.2. The molecular weight excluding hydrogens is 488 g/mol. The zero-order chi connectivity index (χ0) is 24.1. The van der Waals surface area contributed by atoms with Gasteiger partial charge >= 0.3 is 0 Å². The second kappa shape index (κ2) is 11.0. The summed E-state index contributed by atoms with van der Waals surface area (Å²) in [5.74, 6) is 1.13. The number of hydrogen-bond donors (Lipinski definition) is 1. The number of anilines is 1. The Labute approximate surface area is 209 Å². The van der Waals surface area contributed by atoms with Crippen LogP contribution in [0.1, 0.15) is 41.3 Å². The quantitative estimate of drug-likeness (QED) is 0.321. The van der Waals surface area contributed by atoms with Gasteiger partial charge in [0.15, 0.2) is 10.1 Å². The molecule has 0 aliphatic carbocycles. The van der Waals surface area contributed by atoms with Crippen molar-refractivity contribution in [3.8, 4) is 0 Å². The number of rotatable bonds is 9. The van der Waals surface area contributed by atoms with Gasteiger partial charge in [0.05, 0.1) is 11.4 Å². The van der Waals surface area contributed by atoms with Gasteiger partial charge in [-0.25, -0.2) is 8.42 Å². The van der Waals surface area contributed by atoms with Crippen LogP contribution < -0.4 is 5.32 Å². The van der Waals surface area contributed by atoms with Crippen molar-refractivity contribution < 1.29 is 13.2 Å². The monoisotopic (exact) mass is 516 g/mol. The second-order valence-electron chi connectivity index (χ2n) is 8.54. The lowest BCUT2D eigenvalue weighted by molar-refractivity contribution is 0.101. The maximum Gasteiger partial charge on any atom is 0.243 e. The number of aromatic nitrogens is 2. The van der Waals surface area contributed by atoms with Crippen molar-refractivity contribution in [1.82, 2.24) is 14.5 Å². The first-order valence-corrected chi connectivity index (χ1v) is 14.4. The van der Waals surface area contributed by atoms with Crippen molar-refractivity contribution in [2.24, 2.45) is 5.92 Å². The number of thioether (sulfide) groups is 1. The summed E-state index contributed by atoms with van der Waals surface area (Å²) < 4.78 is 28.4. The zero-order valence-corrected chi connectivity index (χ0v) is 21.7. The Morgan fingerprint density at radius 3 is 2.68 bits per heavy atom. The van der Waals surface area contributed by atoms with E-state index in [1.165, 1.54) is 32.8 Å². The Hall–Kier alpha value is -2.27. The van der Waals surface area contributed by atoms with E-state index in [0.29, 0.717) is 29.7 Å². The molecule has 7 nitrogen and oxygen atoms in total. The van der Waals surface area contributed by atoms with E-state index in [1.54, 1.807) is 30.0 Å². The molecule has 2 aromatic carbocycles. The molecule has 3 aromatic rings. The average Bonchev–Trinajstić information content (AvgIpc) is 3.29. The Morgan fingerprint density at radius 1 is 1.15 bits per heavy atom.